The van der Waals surface area contributed by atoms with Crippen LogP contribution >= 0.6 is 0 Å². The Hall–Kier alpha value is -3.23. The maximum atomic E-state index is 12.5. The van der Waals surface area contributed by atoms with Crippen molar-refractivity contribution >= 4 is 38.3 Å². The van der Waals surface area contributed by atoms with Crippen molar-refractivity contribution in [3.8, 4) is 0 Å². The van der Waals surface area contributed by atoms with E-state index >= 15 is 0 Å². The van der Waals surface area contributed by atoms with Gasteiger partial charge < -0.3 is 10.6 Å². The van der Waals surface area contributed by atoms with Crippen LogP contribution in [-0.2, 0) is 14.8 Å². The summed E-state index contributed by atoms with van der Waals surface area (Å²) in [5.41, 5.74) is 1.03. The number of carbonyl (C=O) groups is 2. The molecule has 30 heavy (non-hydrogen) atoms. The summed E-state index contributed by atoms with van der Waals surface area (Å²) >= 11 is 0. The Balaban J connectivity index is 1.52. The number of carbonyl (C=O) groups excluding carboxylic acids is 2. The lowest BCUT2D eigenvalue weighted by Crippen LogP contribution is -2.34. The predicted octanol–water partition coefficient (Wildman–Crippen LogP) is 2.90. The molecule has 0 spiro atoms. The molecule has 3 aromatic rings. The molecule has 0 saturated heterocycles. The average molecular weight is 426 g/mol. The number of nitrogens with one attached hydrogen (secondary N) is 3. The van der Waals surface area contributed by atoms with Gasteiger partial charge in [0.2, 0.25) is 15.9 Å². The van der Waals surface area contributed by atoms with Gasteiger partial charge >= 0.3 is 0 Å². The molecule has 156 valence electrons. The quantitative estimate of drug-likeness (QED) is 0.483. The van der Waals surface area contributed by atoms with E-state index in [-0.39, 0.29) is 29.8 Å². The topological polar surface area (TPSA) is 104 Å². The largest absolute Gasteiger partial charge is 0.351 e. The molecule has 0 aliphatic carbocycles. The normalized spacial score (nSPS) is 11.2. The zero-order chi connectivity index (χ0) is 21.6. The van der Waals surface area contributed by atoms with Gasteiger partial charge in [-0.1, -0.05) is 37.3 Å². The molecule has 0 radical (unpaired) electrons. The summed E-state index contributed by atoms with van der Waals surface area (Å²) in [6, 6.07) is 18.9. The fraction of sp³-hybridized carbons (Fsp3) is 0.182. The summed E-state index contributed by atoms with van der Waals surface area (Å²) in [6.07, 6.45) is 0.372. The summed E-state index contributed by atoms with van der Waals surface area (Å²) in [5.74, 6) is -0.431. The highest BCUT2D eigenvalue weighted by molar-refractivity contribution is 7.89. The highest BCUT2D eigenvalue weighted by Crippen LogP contribution is 2.18. The van der Waals surface area contributed by atoms with Gasteiger partial charge in [-0.3, -0.25) is 9.59 Å². The van der Waals surface area contributed by atoms with Gasteiger partial charge in [0.15, 0.2) is 0 Å². The lowest BCUT2D eigenvalue weighted by Gasteiger charge is -2.09. The first-order valence-electron chi connectivity index (χ1n) is 9.55. The van der Waals surface area contributed by atoms with Crippen LogP contribution in [0.1, 0.15) is 23.7 Å². The third kappa shape index (κ3) is 5.43. The first-order valence-corrected chi connectivity index (χ1v) is 11.0. The molecule has 3 N–H and O–H groups in total. The molecule has 3 rings (SSSR count). The van der Waals surface area contributed by atoms with Gasteiger partial charge in [0.25, 0.3) is 5.91 Å². The Morgan fingerprint density at radius 1 is 0.867 bits per heavy atom. The number of benzene rings is 3. The Morgan fingerprint density at radius 3 is 2.27 bits per heavy atom. The van der Waals surface area contributed by atoms with Crippen molar-refractivity contribution in [3.63, 3.8) is 0 Å². The monoisotopic (exact) mass is 425 g/mol. The van der Waals surface area contributed by atoms with Crippen LogP contribution in [0.5, 0.6) is 0 Å². The van der Waals surface area contributed by atoms with Gasteiger partial charge in [0, 0.05) is 30.8 Å². The molecule has 0 aromatic heterocycles. The van der Waals surface area contributed by atoms with Crippen LogP contribution in [0.3, 0.4) is 0 Å². The van der Waals surface area contributed by atoms with Crippen LogP contribution in [0, 0.1) is 0 Å². The summed E-state index contributed by atoms with van der Waals surface area (Å²) in [7, 11) is -3.68. The Morgan fingerprint density at radius 2 is 1.57 bits per heavy atom. The van der Waals surface area contributed by atoms with Crippen molar-refractivity contribution in [2.24, 2.45) is 0 Å². The van der Waals surface area contributed by atoms with Crippen LogP contribution in [0.2, 0.25) is 0 Å². The molecule has 0 unspecified atom stereocenters. The number of anilines is 1. The SMILES string of the molecule is CCC(=O)Nc1ccc(C(=O)NCCNS(=O)(=O)c2ccc3ccccc3c2)cc1. The van der Waals surface area contributed by atoms with E-state index < -0.39 is 10.0 Å². The van der Waals surface area contributed by atoms with Crippen LogP contribution < -0.4 is 15.4 Å². The smallest absolute Gasteiger partial charge is 0.251 e. The van der Waals surface area contributed by atoms with Crippen LogP contribution in [0.4, 0.5) is 5.69 Å². The molecule has 2 amide bonds. The first-order chi connectivity index (χ1) is 14.4. The molecule has 0 heterocycles. The molecule has 8 heteroatoms. The highest BCUT2D eigenvalue weighted by Gasteiger charge is 2.14. The first kappa shape index (κ1) is 21.5. The van der Waals surface area contributed by atoms with Crippen LogP contribution in [-0.4, -0.2) is 33.3 Å². The van der Waals surface area contributed by atoms with Crippen molar-refractivity contribution in [2.75, 3.05) is 18.4 Å². The van der Waals surface area contributed by atoms with Gasteiger partial charge in [-0.15, -0.1) is 0 Å². The van der Waals surface area contributed by atoms with E-state index in [1.165, 1.54) is 0 Å². The minimum Gasteiger partial charge on any atom is -0.351 e. The predicted molar refractivity (Wildman–Crippen MR) is 117 cm³/mol. The lowest BCUT2D eigenvalue weighted by molar-refractivity contribution is -0.115. The van der Waals surface area contributed by atoms with Gasteiger partial charge in [-0.25, -0.2) is 13.1 Å². The molecule has 0 atom stereocenters. The van der Waals surface area contributed by atoms with Gasteiger partial charge in [0.1, 0.15) is 0 Å². The van der Waals surface area contributed by atoms with E-state index in [1.807, 2.05) is 24.3 Å². The molecule has 0 bridgehead atoms. The van der Waals surface area contributed by atoms with Gasteiger partial charge in [-0.2, -0.15) is 0 Å². The maximum absolute atomic E-state index is 12.5. The molecule has 3 aromatic carbocycles. The number of fused-ring (bicyclic) bond motifs is 1. The fourth-order valence-corrected chi connectivity index (χ4v) is 3.90. The standard InChI is InChI=1S/C22H23N3O4S/c1-2-21(26)25-19-10-7-17(8-11-19)22(27)23-13-14-24-30(28,29)20-12-9-16-5-3-4-6-18(16)15-20/h3-12,15,24H,2,13-14H2,1H3,(H,23,27)(H,25,26). The molecule has 0 aliphatic heterocycles. The number of hydrogen-bond donors (Lipinski definition) is 3. The molecule has 7 nitrogen and oxygen atoms in total. The van der Waals surface area contributed by atoms with Crippen molar-refractivity contribution in [1.82, 2.24) is 10.0 Å². The lowest BCUT2D eigenvalue weighted by atomic mass is 10.1. The maximum Gasteiger partial charge on any atom is 0.251 e. The zero-order valence-electron chi connectivity index (χ0n) is 16.5. The van der Waals surface area contributed by atoms with Crippen LogP contribution in [0.15, 0.2) is 71.6 Å². The average Bonchev–Trinajstić information content (AvgIpc) is 2.76. The molecule has 0 saturated carbocycles. The van der Waals surface area contributed by atoms with Crippen LogP contribution in [0.25, 0.3) is 10.8 Å². The van der Waals surface area contributed by atoms with E-state index in [0.29, 0.717) is 17.7 Å². The number of amides is 2. The number of sulfonamides is 1. The molecular weight excluding hydrogens is 402 g/mol. The fourth-order valence-electron chi connectivity index (χ4n) is 2.84. The molecule has 0 fully saturated rings. The third-order valence-corrected chi connectivity index (χ3v) is 5.94. The second kappa shape index (κ2) is 9.51. The van der Waals surface area contributed by atoms with Crippen molar-refractivity contribution < 1.29 is 18.0 Å². The third-order valence-electron chi connectivity index (χ3n) is 4.49. The summed E-state index contributed by atoms with van der Waals surface area (Å²) in [5, 5.41) is 7.18. The molecule has 0 aliphatic rings. The summed E-state index contributed by atoms with van der Waals surface area (Å²) in [6.45, 7) is 1.96. The van der Waals surface area contributed by atoms with Crippen molar-refractivity contribution in [1.29, 1.82) is 0 Å². The minimum absolute atomic E-state index is 0.0611. The molecular formula is C22H23N3O4S. The Kier molecular flexibility index (Phi) is 6.81. The Labute approximate surface area is 175 Å². The minimum atomic E-state index is -3.68. The van der Waals surface area contributed by atoms with Crippen molar-refractivity contribution in [2.45, 2.75) is 18.2 Å². The Bertz CT molecular complexity index is 1160. The van der Waals surface area contributed by atoms with E-state index in [1.54, 1.807) is 49.4 Å². The summed E-state index contributed by atoms with van der Waals surface area (Å²) < 4.78 is 27.5. The number of hydrogen-bond acceptors (Lipinski definition) is 4. The van der Waals surface area contributed by atoms with E-state index in [0.717, 1.165) is 10.8 Å². The van der Waals surface area contributed by atoms with E-state index in [2.05, 4.69) is 15.4 Å². The summed E-state index contributed by atoms with van der Waals surface area (Å²) in [4.78, 5) is 23.8. The van der Waals surface area contributed by atoms with E-state index in [4.69, 9.17) is 0 Å². The van der Waals surface area contributed by atoms with E-state index in [9.17, 15) is 18.0 Å². The van der Waals surface area contributed by atoms with Gasteiger partial charge in [-0.05, 0) is 47.2 Å². The second-order valence-electron chi connectivity index (χ2n) is 6.64. The number of rotatable bonds is 8. The van der Waals surface area contributed by atoms with Crippen molar-refractivity contribution in [3.05, 3.63) is 72.3 Å². The van der Waals surface area contributed by atoms with Gasteiger partial charge in [0.05, 0.1) is 4.90 Å². The zero-order valence-corrected chi connectivity index (χ0v) is 17.3. The second-order valence-corrected chi connectivity index (χ2v) is 8.41. The highest BCUT2D eigenvalue weighted by atomic mass is 32.2.